The van der Waals surface area contributed by atoms with E-state index in [0.717, 1.165) is 24.4 Å². The van der Waals surface area contributed by atoms with E-state index in [1.165, 1.54) is 12.1 Å². The average molecular weight is 472 g/mol. The Hall–Kier alpha value is -3.73. The number of benzene rings is 2. The van der Waals surface area contributed by atoms with E-state index in [9.17, 15) is 31.5 Å². The fourth-order valence-corrected chi connectivity index (χ4v) is 2.75. The Morgan fingerprint density at radius 3 is 2.34 bits per heavy atom. The molecule has 0 aliphatic carbocycles. The van der Waals surface area contributed by atoms with E-state index in [2.05, 4.69) is 10.3 Å². The van der Waals surface area contributed by atoms with E-state index in [4.69, 9.17) is 22.1 Å². The third-order valence-electron chi connectivity index (χ3n) is 4.02. The van der Waals surface area contributed by atoms with Gasteiger partial charge in [-0.15, -0.1) is 0 Å². The number of aromatic nitrogens is 1. The van der Waals surface area contributed by atoms with Crippen molar-refractivity contribution < 1.29 is 36.3 Å². The van der Waals surface area contributed by atoms with Crippen LogP contribution in [0.25, 0.3) is 0 Å². The van der Waals surface area contributed by atoms with Crippen molar-refractivity contribution in [2.45, 2.75) is 6.18 Å². The van der Waals surface area contributed by atoms with Crippen LogP contribution in [0.15, 0.2) is 48.7 Å². The number of carbonyl (C=O) groups excluding carboxylic acids is 2. The number of pyridine rings is 1. The van der Waals surface area contributed by atoms with Gasteiger partial charge in [0.25, 0.3) is 11.8 Å². The Balaban J connectivity index is 2.07. The SMILES string of the molecule is NC(=O)c1cc(NC(=O)c2c(Oc3ccc(Cl)cc3F)ccc(C(F)(F)F)c2F)ccn1. The minimum absolute atomic E-state index is 0.00867. The van der Waals surface area contributed by atoms with Crippen LogP contribution in [0.5, 0.6) is 11.5 Å². The quantitative estimate of drug-likeness (QED) is 0.502. The van der Waals surface area contributed by atoms with Crippen molar-refractivity contribution in [2.24, 2.45) is 5.73 Å². The number of primary amides is 1. The number of nitrogens with one attached hydrogen (secondary N) is 1. The number of anilines is 1. The highest BCUT2D eigenvalue weighted by atomic mass is 35.5. The normalized spacial score (nSPS) is 11.2. The zero-order chi connectivity index (χ0) is 23.6. The molecule has 0 unspecified atom stereocenters. The molecule has 32 heavy (non-hydrogen) atoms. The predicted octanol–water partition coefficient (Wildman–Crippen LogP) is 5.18. The maximum Gasteiger partial charge on any atom is 0.419 e. The van der Waals surface area contributed by atoms with Crippen LogP contribution in [0, 0.1) is 11.6 Å². The molecule has 3 N–H and O–H groups in total. The molecule has 3 rings (SSSR count). The zero-order valence-corrected chi connectivity index (χ0v) is 16.4. The number of rotatable bonds is 5. The summed E-state index contributed by atoms with van der Waals surface area (Å²) in [5.41, 5.74) is 1.83. The first-order valence-corrected chi connectivity index (χ1v) is 8.95. The summed E-state index contributed by atoms with van der Waals surface area (Å²) in [5.74, 6) is -6.44. The van der Waals surface area contributed by atoms with E-state index in [-0.39, 0.29) is 16.4 Å². The van der Waals surface area contributed by atoms with Crippen LogP contribution in [0.4, 0.5) is 27.6 Å². The summed E-state index contributed by atoms with van der Waals surface area (Å²) >= 11 is 5.64. The molecule has 0 radical (unpaired) electrons. The molecule has 0 saturated carbocycles. The van der Waals surface area contributed by atoms with Gasteiger partial charge in [0.2, 0.25) is 0 Å². The number of halogens is 6. The van der Waals surface area contributed by atoms with Crippen LogP contribution in [-0.4, -0.2) is 16.8 Å². The van der Waals surface area contributed by atoms with E-state index in [1.807, 2.05) is 0 Å². The first-order chi connectivity index (χ1) is 15.0. The second-order valence-electron chi connectivity index (χ2n) is 6.22. The number of ether oxygens (including phenoxy) is 1. The van der Waals surface area contributed by atoms with Crippen LogP contribution in [0.3, 0.4) is 0 Å². The highest BCUT2D eigenvalue weighted by Crippen LogP contribution is 2.38. The van der Waals surface area contributed by atoms with Gasteiger partial charge in [0.15, 0.2) is 17.4 Å². The summed E-state index contributed by atoms with van der Waals surface area (Å²) in [7, 11) is 0. The van der Waals surface area contributed by atoms with Crippen LogP contribution in [0.1, 0.15) is 26.4 Å². The number of hydrogen-bond donors (Lipinski definition) is 2. The van der Waals surface area contributed by atoms with Crippen LogP contribution in [-0.2, 0) is 6.18 Å². The van der Waals surface area contributed by atoms with Crippen molar-refractivity contribution in [3.05, 3.63) is 82.1 Å². The number of nitrogens with two attached hydrogens (primary N) is 1. The minimum Gasteiger partial charge on any atom is -0.453 e. The van der Waals surface area contributed by atoms with Gasteiger partial charge >= 0.3 is 6.18 Å². The number of hydrogen-bond acceptors (Lipinski definition) is 4. The Morgan fingerprint density at radius 2 is 1.72 bits per heavy atom. The maximum absolute atomic E-state index is 14.8. The molecule has 12 heteroatoms. The molecule has 2 aromatic carbocycles. The van der Waals surface area contributed by atoms with E-state index < -0.39 is 52.3 Å². The molecule has 0 aliphatic rings. The summed E-state index contributed by atoms with van der Waals surface area (Å²) in [4.78, 5) is 27.6. The van der Waals surface area contributed by atoms with Gasteiger partial charge in [0, 0.05) is 16.9 Å². The summed E-state index contributed by atoms with van der Waals surface area (Å²) in [5, 5.41) is 2.14. The van der Waals surface area contributed by atoms with Crippen molar-refractivity contribution in [1.82, 2.24) is 4.98 Å². The van der Waals surface area contributed by atoms with Gasteiger partial charge < -0.3 is 15.8 Å². The highest BCUT2D eigenvalue weighted by Gasteiger charge is 2.37. The Bertz CT molecular complexity index is 1220. The standard InChI is InChI=1S/C20H11ClF5N3O3/c21-9-1-3-14(12(22)7-9)32-15-4-2-11(20(24,25)26)17(23)16(15)19(31)29-10-5-6-28-13(8-10)18(27)30/h1-8H,(H2,27,30)(H,28,29,31). The fourth-order valence-electron chi connectivity index (χ4n) is 2.59. The van der Waals surface area contributed by atoms with Gasteiger partial charge in [-0.05, 0) is 42.5 Å². The van der Waals surface area contributed by atoms with E-state index in [1.54, 1.807) is 0 Å². The van der Waals surface area contributed by atoms with Crippen LogP contribution in [0.2, 0.25) is 5.02 Å². The number of carbonyl (C=O) groups is 2. The summed E-state index contributed by atoms with van der Waals surface area (Å²) in [6, 6.07) is 6.39. The number of nitrogens with zero attached hydrogens (tertiary/aromatic N) is 1. The first-order valence-electron chi connectivity index (χ1n) is 8.57. The minimum atomic E-state index is -5.13. The van der Waals surface area contributed by atoms with Gasteiger partial charge in [0.05, 0.1) is 5.56 Å². The molecule has 0 atom stereocenters. The molecule has 1 aromatic heterocycles. The van der Waals surface area contributed by atoms with Gasteiger partial charge in [-0.1, -0.05) is 11.6 Å². The molecular formula is C20H11ClF5N3O3. The zero-order valence-electron chi connectivity index (χ0n) is 15.6. The fraction of sp³-hybridized carbons (Fsp3) is 0.0500. The average Bonchev–Trinajstić information content (AvgIpc) is 2.69. The molecule has 0 aliphatic heterocycles. The molecule has 0 saturated heterocycles. The maximum atomic E-state index is 14.8. The summed E-state index contributed by atoms with van der Waals surface area (Å²) in [6.07, 6.45) is -4.03. The molecule has 2 amide bonds. The molecule has 166 valence electrons. The van der Waals surface area contributed by atoms with Gasteiger partial charge in [-0.2, -0.15) is 13.2 Å². The Kier molecular flexibility index (Phi) is 6.30. The van der Waals surface area contributed by atoms with Crippen molar-refractivity contribution in [1.29, 1.82) is 0 Å². The number of alkyl halides is 3. The molecule has 0 spiro atoms. The van der Waals surface area contributed by atoms with Gasteiger partial charge in [0.1, 0.15) is 17.0 Å². The van der Waals surface area contributed by atoms with Gasteiger partial charge in [-0.25, -0.2) is 8.78 Å². The van der Waals surface area contributed by atoms with Crippen LogP contribution < -0.4 is 15.8 Å². The lowest BCUT2D eigenvalue weighted by molar-refractivity contribution is -0.140. The smallest absolute Gasteiger partial charge is 0.419 e. The first kappa shape index (κ1) is 22.9. The Labute approximate surface area is 181 Å². The monoisotopic (exact) mass is 471 g/mol. The van der Waals surface area contributed by atoms with Crippen molar-refractivity contribution in [2.75, 3.05) is 5.32 Å². The topological polar surface area (TPSA) is 94.3 Å². The molecule has 0 fully saturated rings. The van der Waals surface area contributed by atoms with Crippen molar-refractivity contribution >= 4 is 29.1 Å². The summed E-state index contributed by atoms with van der Waals surface area (Å²) < 4.78 is 73.6. The molecule has 6 nitrogen and oxygen atoms in total. The van der Waals surface area contributed by atoms with Crippen molar-refractivity contribution in [3.8, 4) is 11.5 Å². The molecule has 3 aromatic rings. The third kappa shape index (κ3) is 4.94. The van der Waals surface area contributed by atoms with Crippen molar-refractivity contribution in [3.63, 3.8) is 0 Å². The molecule has 1 heterocycles. The second kappa shape index (κ2) is 8.79. The predicted molar refractivity (Wildman–Crippen MR) is 104 cm³/mol. The van der Waals surface area contributed by atoms with E-state index >= 15 is 0 Å². The molecule has 0 bridgehead atoms. The third-order valence-corrected chi connectivity index (χ3v) is 4.26. The van der Waals surface area contributed by atoms with Gasteiger partial charge in [-0.3, -0.25) is 14.6 Å². The van der Waals surface area contributed by atoms with E-state index in [0.29, 0.717) is 12.1 Å². The lowest BCUT2D eigenvalue weighted by Crippen LogP contribution is -2.19. The second-order valence-corrected chi connectivity index (χ2v) is 6.66. The Morgan fingerprint density at radius 1 is 1.03 bits per heavy atom. The summed E-state index contributed by atoms with van der Waals surface area (Å²) in [6.45, 7) is 0. The lowest BCUT2D eigenvalue weighted by Gasteiger charge is -2.16. The van der Waals surface area contributed by atoms with Crippen LogP contribution >= 0.6 is 11.6 Å². The largest absolute Gasteiger partial charge is 0.453 e. The lowest BCUT2D eigenvalue weighted by atomic mass is 10.1. The number of amides is 2. The highest BCUT2D eigenvalue weighted by molar-refractivity contribution is 6.30. The molecular weight excluding hydrogens is 461 g/mol.